The zero-order valence-electron chi connectivity index (χ0n) is 15.2. The minimum atomic E-state index is -3.82. The van der Waals surface area contributed by atoms with Gasteiger partial charge in [-0.15, -0.1) is 23.1 Å². The van der Waals surface area contributed by atoms with Crippen LogP contribution in [0.1, 0.15) is 11.4 Å². The summed E-state index contributed by atoms with van der Waals surface area (Å²) in [6.45, 7) is 3.53. The van der Waals surface area contributed by atoms with Crippen molar-refractivity contribution in [2.24, 2.45) is 0 Å². The van der Waals surface area contributed by atoms with Gasteiger partial charge in [-0.2, -0.15) is 0 Å². The molecule has 2 heterocycles. The third-order valence-corrected chi connectivity index (χ3v) is 6.97. The van der Waals surface area contributed by atoms with E-state index in [4.69, 9.17) is 0 Å². The van der Waals surface area contributed by atoms with Crippen molar-refractivity contribution < 1.29 is 13.2 Å². The van der Waals surface area contributed by atoms with Gasteiger partial charge >= 0.3 is 0 Å². The molecule has 0 unspecified atom stereocenters. The van der Waals surface area contributed by atoms with Crippen molar-refractivity contribution in [3.8, 4) is 0 Å². The molecule has 0 atom stereocenters. The summed E-state index contributed by atoms with van der Waals surface area (Å²) in [5.41, 5.74) is 1.87. The summed E-state index contributed by atoms with van der Waals surface area (Å²) in [5, 5.41) is 4.71. The Kier molecular flexibility index (Phi) is 6.32. The number of rotatable bonds is 7. The molecule has 1 aromatic carbocycles. The summed E-state index contributed by atoms with van der Waals surface area (Å²) in [4.78, 5) is 20.2. The lowest BCUT2D eigenvalue weighted by molar-refractivity contribution is -0.113. The van der Waals surface area contributed by atoms with Gasteiger partial charge in [0.05, 0.1) is 14.9 Å². The Morgan fingerprint density at radius 3 is 2.39 bits per heavy atom. The largest absolute Gasteiger partial charge is 0.325 e. The highest BCUT2D eigenvalue weighted by molar-refractivity contribution is 8.01. The van der Waals surface area contributed by atoms with Crippen LogP contribution in [0, 0.1) is 13.8 Å². The van der Waals surface area contributed by atoms with Crippen molar-refractivity contribution in [3.63, 3.8) is 0 Å². The summed E-state index contributed by atoms with van der Waals surface area (Å²) < 4.78 is 28.5. The first-order chi connectivity index (χ1) is 13.3. The first-order valence-electron chi connectivity index (χ1n) is 8.23. The van der Waals surface area contributed by atoms with E-state index >= 15 is 0 Å². The molecule has 7 nitrogen and oxygen atoms in total. The van der Waals surface area contributed by atoms with E-state index in [0.29, 0.717) is 17.1 Å². The third-order valence-electron chi connectivity index (χ3n) is 3.50. The molecule has 1 amide bonds. The fourth-order valence-corrected chi connectivity index (χ4v) is 4.88. The number of amides is 1. The molecule has 0 saturated carbocycles. The Bertz CT molecular complexity index is 1050. The van der Waals surface area contributed by atoms with Gasteiger partial charge in [0.1, 0.15) is 0 Å². The number of nitrogens with one attached hydrogen (secondary N) is 2. The Hall–Kier alpha value is -2.43. The minimum absolute atomic E-state index is 0.0282. The maximum Gasteiger partial charge on any atom is 0.264 e. The van der Waals surface area contributed by atoms with Crippen molar-refractivity contribution in [3.05, 3.63) is 59.2 Å². The number of benzene rings is 1. The fraction of sp³-hybridized carbons (Fsp3) is 0.167. The first-order valence-corrected chi connectivity index (χ1v) is 11.6. The molecule has 0 aliphatic carbocycles. The predicted octanol–water partition coefficient (Wildman–Crippen LogP) is 3.69. The monoisotopic (exact) mass is 434 g/mol. The second kappa shape index (κ2) is 8.72. The maximum atomic E-state index is 12.5. The topological polar surface area (TPSA) is 101 Å². The second-order valence-electron chi connectivity index (χ2n) is 5.87. The fourth-order valence-electron chi connectivity index (χ4n) is 2.35. The molecule has 28 heavy (non-hydrogen) atoms. The van der Waals surface area contributed by atoms with Crippen LogP contribution in [0.2, 0.25) is 0 Å². The number of nitrogens with zero attached hydrogens (tertiary/aromatic N) is 2. The van der Waals surface area contributed by atoms with Crippen LogP contribution < -0.4 is 10.0 Å². The Morgan fingerprint density at radius 1 is 1.11 bits per heavy atom. The number of thioether (sulfide) groups is 1. The highest BCUT2D eigenvalue weighted by Crippen LogP contribution is 2.23. The Morgan fingerprint density at radius 2 is 1.79 bits per heavy atom. The Balaban J connectivity index is 1.63. The van der Waals surface area contributed by atoms with Crippen molar-refractivity contribution in [1.29, 1.82) is 0 Å². The number of sulfonamides is 1. The summed E-state index contributed by atoms with van der Waals surface area (Å²) in [5.74, 6) is 0.155. The summed E-state index contributed by atoms with van der Waals surface area (Å²) in [7, 11) is -3.82. The van der Waals surface area contributed by atoms with E-state index in [0.717, 1.165) is 4.21 Å². The van der Waals surface area contributed by atoms with Crippen molar-refractivity contribution in [2.75, 3.05) is 15.8 Å². The predicted molar refractivity (Wildman–Crippen MR) is 112 cm³/mol. The van der Waals surface area contributed by atoms with Crippen molar-refractivity contribution >= 4 is 50.7 Å². The van der Waals surface area contributed by atoms with Crippen LogP contribution in [0.4, 0.5) is 11.6 Å². The molecule has 10 heteroatoms. The molecule has 3 rings (SSSR count). The SMILES string of the molecule is Cc1cc(C)nc(NS(=O)(=O)c2ccc(NC(=O)CSc3cccs3)cc2)n1. The number of hydrogen-bond acceptors (Lipinski definition) is 7. The quantitative estimate of drug-likeness (QED) is 0.550. The van der Waals surface area contributed by atoms with Gasteiger partial charge in [0.25, 0.3) is 10.0 Å². The third kappa shape index (κ3) is 5.54. The van der Waals surface area contributed by atoms with E-state index < -0.39 is 10.0 Å². The molecule has 2 aromatic heterocycles. The van der Waals surface area contributed by atoms with Crippen LogP contribution in [-0.4, -0.2) is 30.0 Å². The van der Waals surface area contributed by atoms with Gasteiger partial charge in [0.15, 0.2) is 0 Å². The molecule has 0 aliphatic heterocycles. The molecule has 146 valence electrons. The van der Waals surface area contributed by atoms with Crippen molar-refractivity contribution in [2.45, 2.75) is 23.0 Å². The van der Waals surface area contributed by atoms with Crippen LogP contribution in [0.15, 0.2) is 56.9 Å². The lowest BCUT2D eigenvalue weighted by atomic mass is 10.3. The lowest BCUT2D eigenvalue weighted by Gasteiger charge is -2.09. The average Bonchev–Trinajstić information content (AvgIpc) is 3.13. The van der Waals surface area contributed by atoms with Crippen LogP contribution in [-0.2, 0) is 14.8 Å². The number of thiophene rings is 1. The van der Waals surface area contributed by atoms with E-state index in [-0.39, 0.29) is 22.5 Å². The molecule has 0 aliphatic rings. The van der Waals surface area contributed by atoms with Gasteiger partial charge in [0.2, 0.25) is 11.9 Å². The van der Waals surface area contributed by atoms with Crippen LogP contribution in [0.25, 0.3) is 0 Å². The number of carbonyl (C=O) groups excluding carboxylic acids is 1. The minimum Gasteiger partial charge on any atom is -0.325 e. The second-order valence-corrected chi connectivity index (χ2v) is 9.78. The molecule has 0 radical (unpaired) electrons. The van der Waals surface area contributed by atoms with E-state index in [9.17, 15) is 13.2 Å². The maximum absolute atomic E-state index is 12.5. The highest BCUT2D eigenvalue weighted by Gasteiger charge is 2.16. The van der Waals surface area contributed by atoms with Gasteiger partial charge < -0.3 is 5.32 Å². The number of aryl methyl sites for hydroxylation is 2. The van der Waals surface area contributed by atoms with E-state index in [1.165, 1.54) is 23.9 Å². The smallest absolute Gasteiger partial charge is 0.264 e. The van der Waals surface area contributed by atoms with Crippen LogP contribution >= 0.6 is 23.1 Å². The molecule has 0 spiro atoms. The van der Waals surface area contributed by atoms with E-state index in [1.54, 1.807) is 43.4 Å². The zero-order chi connectivity index (χ0) is 20.1. The normalized spacial score (nSPS) is 11.2. The van der Waals surface area contributed by atoms with Crippen LogP contribution in [0.3, 0.4) is 0 Å². The number of carbonyl (C=O) groups is 1. The van der Waals surface area contributed by atoms with E-state index in [2.05, 4.69) is 20.0 Å². The summed E-state index contributed by atoms with van der Waals surface area (Å²) in [6, 6.07) is 11.6. The lowest BCUT2D eigenvalue weighted by Crippen LogP contribution is -2.16. The Labute approximate surface area is 171 Å². The van der Waals surface area contributed by atoms with E-state index in [1.807, 2.05) is 17.5 Å². The number of aromatic nitrogens is 2. The van der Waals surface area contributed by atoms with Crippen molar-refractivity contribution in [1.82, 2.24) is 9.97 Å². The molecule has 0 bridgehead atoms. The van der Waals surface area contributed by atoms with Crippen LogP contribution in [0.5, 0.6) is 0 Å². The number of hydrogen-bond donors (Lipinski definition) is 2. The van der Waals surface area contributed by atoms with Gasteiger partial charge in [-0.25, -0.2) is 23.1 Å². The molecule has 3 aromatic rings. The molecular formula is C18H18N4O3S3. The summed E-state index contributed by atoms with van der Waals surface area (Å²) >= 11 is 3.03. The standard InChI is InChI=1S/C18H18N4O3S3/c1-12-10-13(2)20-18(19-12)22-28(24,25)15-7-5-14(6-8-15)21-16(23)11-27-17-4-3-9-26-17/h3-10H,11H2,1-2H3,(H,21,23)(H,19,20,22). The number of anilines is 2. The van der Waals surface area contributed by atoms with Gasteiger partial charge in [-0.1, -0.05) is 6.07 Å². The van der Waals surface area contributed by atoms with Gasteiger partial charge in [0, 0.05) is 17.1 Å². The zero-order valence-corrected chi connectivity index (χ0v) is 17.6. The first kappa shape index (κ1) is 20.3. The highest BCUT2D eigenvalue weighted by atomic mass is 32.2. The molecule has 0 fully saturated rings. The average molecular weight is 435 g/mol. The van der Waals surface area contributed by atoms with Gasteiger partial charge in [-0.05, 0) is 55.6 Å². The molecular weight excluding hydrogens is 416 g/mol. The molecule has 2 N–H and O–H groups in total. The van der Waals surface area contributed by atoms with Gasteiger partial charge in [-0.3, -0.25) is 4.79 Å². The summed E-state index contributed by atoms with van der Waals surface area (Å²) in [6.07, 6.45) is 0. The molecule has 0 saturated heterocycles.